The fourth-order valence-electron chi connectivity index (χ4n) is 2.70. The molecule has 0 fully saturated rings. The zero-order valence-corrected chi connectivity index (χ0v) is 14.5. The van der Waals surface area contributed by atoms with E-state index in [1.807, 2.05) is 0 Å². The maximum Gasteiger partial charge on any atom is 0.220 e. The van der Waals surface area contributed by atoms with E-state index in [1.165, 1.54) is 27.8 Å². The summed E-state index contributed by atoms with van der Waals surface area (Å²) in [6.07, 6.45) is 3.36. The molecule has 1 amide bonds. The molecule has 23 heavy (non-hydrogen) atoms. The monoisotopic (exact) mass is 309 g/mol. The van der Waals surface area contributed by atoms with Crippen LogP contribution in [0.3, 0.4) is 0 Å². The van der Waals surface area contributed by atoms with Crippen LogP contribution in [0.4, 0.5) is 0 Å². The third kappa shape index (κ3) is 5.24. The van der Waals surface area contributed by atoms with Crippen LogP contribution in [0, 0.1) is 6.92 Å². The molecule has 0 atom stereocenters. The predicted octanol–water partition coefficient (Wildman–Crippen LogP) is 4.37. The molecule has 0 bridgehead atoms. The first-order valence-corrected chi connectivity index (χ1v) is 8.55. The molecule has 0 aliphatic carbocycles. The Morgan fingerprint density at radius 1 is 0.913 bits per heavy atom. The lowest BCUT2D eigenvalue weighted by Crippen LogP contribution is -2.23. The van der Waals surface area contributed by atoms with Gasteiger partial charge in [0.1, 0.15) is 0 Å². The number of hydrogen-bond acceptors (Lipinski definition) is 1. The molecule has 0 aromatic heterocycles. The summed E-state index contributed by atoms with van der Waals surface area (Å²) < 4.78 is 0. The zero-order chi connectivity index (χ0) is 16.7. The minimum Gasteiger partial charge on any atom is -0.352 e. The highest BCUT2D eigenvalue weighted by atomic mass is 16.1. The summed E-state index contributed by atoms with van der Waals surface area (Å²) in [5.74, 6) is 0.120. The van der Waals surface area contributed by atoms with Crippen molar-refractivity contribution in [3.8, 4) is 0 Å². The van der Waals surface area contributed by atoms with Gasteiger partial charge in [-0.15, -0.1) is 0 Å². The van der Waals surface area contributed by atoms with Crippen LogP contribution < -0.4 is 5.32 Å². The van der Waals surface area contributed by atoms with Crippen LogP contribution in [-0.2, 0) is 30.6 Å². The Morgan fingerprint density at radius 2 is 1.61 bits per heavy atom. The average Bonchev–Trinajstić information content (AvgIpc) is 2.59. The molecule has 2 aromatic rings. The Hall–Kier alpha value is -2.09. The van der Waals surface area contributed by atoms with Crippen LogP contribution in [0.1, 0.15) is 48.1 Å². The molecule has 2 heteroatoms. The Balaban J connectivity index is 1.87. The van der Waals surface area contributed by atoms with Crippen molar-refractivity contribution >= 4 is 5.91 Å². The summed E-state index contributed by atoms with van der Waals surface area (Å²) >= 11 is 0. The van der Waals surface area contributed by atoms with E-state index in [4.69, 9.17) is 0 Å². The topological polar surface area (TPSA) is 29.1 Å². The van der Waals surface area contributed by atoms with Crippen molar-refractivity contribution in [1.29, 1.82) is 0 Å². The maximum absolute atomic E-state index is 12.1. The number of rotatable bonds is 7. The van der Waals surface area contributed by atoms with Gasteiger partial charge in [0.05, 0.1) is 0 Å². The Bertz CT molecular complexity index is 643. The Kier molecular flexibility index (Phi) is 6.40. The highest BCUT2D eigenvalue weighted by Gasteiger charge is 2.06. The van der Waals surface area contributed by atoms with Gasteiger partial charge in [0.25, 0.3) is 0 Å². The quantitative estimate of drug-likeness (QED) is 0.808. The van der Waals surface area contributed by atoms with E-state index in [0.717, 1.165) is 19.3 Å². The molecular formula is C21H27NO. The second kappa shape index (κ2) is 8.52. The lowest BCUT2D eigenvalue weighted by molar-refractivity contribution is -0.121. The van der Waals surface area contributed by atoms with Crippen LogP contribution in [0.15, 0.2) is 42.5 Å². The summed E-state index contributed by atoms with van der Waals surface area (Å²) in [6.45, 7) is 7.02. The molecular weight excluding hydrogens is 282 g/mol. The molecule has 0 heterocycles. The van der Waals surface area contributed by atoms with Crippen molar-refractivity contribution in [2.75, 3.05) is 0 Å². The molecule has 0 unspecified atom stereocenters. The molecule has 0 aliphatic heterocycles. The van der Waals surface area contributed by atoms with Crippen molar-refractivity contribution in [3.63, 3.8) is 0 Å². The third-order valence-electron chi connectivity index (χ3n) is 4.30. The number of carbonyl (C=O) groups is 1. The van der Waals surface area contributed by atoms with Crippen molar-refractivity contribution in [1.82, 2.24) is 5.32 Å². The number of benzene rings is 2. The van der Waals surface area contributed by atoms with Gasteiger partial charge < -0.3 is 5.32 Å². The maximum atomic E-state index is 12.1. The first-order chi connectivity index (χ1) is 11.1. The fourth-order valence-corrected chi connectivity index (χ4v) is 2.70. The molecule has 0 spiro atoms. The van der Waals surface area contributed by atoms with Gasteiger partial charge in [-0.2, -0.15) is 0 Å². The highest BCUT2D eigenvalue weighted by molar-refractivity contribution is 5.76. The normalized spacial score (nSPS) is 10.6. The summed E-state index contributed by atoms with van der Waals surface area (Å²) in [5.41, 5.74) is 6.36. The molecule has 0 aliphatic rings. The number of nitrogens with one attached hydrogen (secondary N) is 1. The van der Waals surface area contributed by atoms with Gasteiger partial charge in [-0.3, -0.25) is 4.79 Å². The molecule has 2 rings (SSSR count). The molecule has 0 saturated heterocycles. The third-order valence-corrected chi connectivity index (χ3v) is 4.30. The van der Waals surface area contributed by atoms with Gasteiger partial charge in [-0.25, -0.2) is 0 Å². The minimum atomic E-state index is 0.120. The summed E-state index contributed by atoms with van der Waals surface area (Å²) in [5, 5.41) is 3.07. The Labute approximate surface area is 139 Å². The second-order valence-electron chi connectivity index (χ2n) is 6.07. The van der Waals surface area contributed by atoms with Crippen LogP contribution >= 0.6 is 0 Å². The minimum absolute atomic E-state index is 0.120. The standard InChI is InChI=1S/C21H27NO/c1-4-17-10-12-19(5-2)20(14-17)15-22-21(23)13-11-18-8-6-16(3)7-9-18/h6-10,12,14H,4-5,11,13,15H2,1-3H3,(H,22,23). The van der Waals surface area contributed by atoms with E-state index in [9.17, 15) is 4.79 Å². The van der Waals surface area contributed by atoms with Crippen molar-refractivity contribution in [3.05, 3.63) is 70.3 Å². The van der Waals surface area contributed by atoms with Crippen LogP contribution in [0.25, 0.3) is 0 Å². The summed E-state index contributed by atoms with van der Waals surface area (Å²) in [7, 11) is 0. The van der Waals surface area contributed by atoms with E-state index in [2.05, 4.69) is 68.6 Å². The summed E-state index contributed by atoms with van der Waals surface area (Å²) in [6, 6.07) is 15.0. The fraction of sp³-hybridized carbons (Fsp3) is 0.381. The highest BCUT2D eigenvalue weighted by Crippen LogP contribution is 2.14. The smallest absolute Gasteiger partial charge is 0.220 e. The molecule has 122 valence electrons. The number of carbonyl (C=O) groups excluding carboxylic acids is 1. The second-order valence-corrected chi connectivity index (χ2v) is 6.07. The van der Waals surface area contributed by atoms with Crippen LogP contribution in [-0.4, -0.2) is 5.91 Å². The largest absolute Gasteiger partial charge is 0.352 e. The van der Waals surface area contributed by atoms with Crippen molar-refractivity contribution in [2.45, 2.75) is 53.0 Å². The molecule has 0 saturated carbocycles. The molecule has 1 N–H and O–H groups in total. The van der Waals surface area contributed by atoms with Crippen molar-refractivity contribution < 1.29 is 4.79 Å². The van der Waals surface area contributed by atoms with Gasteiger partial charge in [0.2, 0.25) is 5.91 Å². The SMILES string of the molecule is CCc1ccc(CC)c(CNC(=O)CCc2ccc(C)cc2)c1. The van der Waals surface area contributed by atoms with E-state index >= 15 is 0 Å². The lowest BCUT2D eigenvalue weighted by atomic mass is 10.0. The van der Waals surface area contributed by atoms with Crippen LogP contribution in [0.2, 0.25) is 0 Å². The van der Waals surface area contributed by atoms with Gasteiger partial charge in [0, 0.05) is 13.0 Å². The van der Waals surface area contributed by atoms with Crippen molar-refractivity contribution in [2.24, 2.45) is 0 Å². The van der Waals surface area contributed by atoms with Gasteiger partial charge in [-0.1, -0.05) is 61.9 Å². The first-order valence-electron chi connectivity index (χ1n) is 8.55. The number of aryl methyl sites for hydroxylation is 4. The van der Waals surface area contributed by atoms with Crippen LogP contribution in [0.5, 0.6) is 0 Å². The predicted molar refractivity (Wildman–Crippen MR) is 96.5 cm³/mol. The lowest BCUT2D eigenvalue weighted by Gasteiger charge is -2.11. The molecule has 0 radical (unpaired) electrons. The summed E-state index contributed by atoms with van der Waals surface area (Å²) in [4.78, 5) is 12.1. The number of amides is 1. The van der Waals surface area contributed by atoms with E-state index < -0.39 is 0 Å². The molecule has 2 aromatic carbocycles. The van der Waals surface area contributed by atoms with E-state index in [0.29, 0.717) is 13.0 Å². The van der Waals surface area contributed by atoms with Gasteiger partial charge >= 0.3 is 0 Å². The zero-order valence-electron chi connectivity index (χ0n) is 14.5. The van der Waals surface area contributed by atoms with Gasteiger partial charge in [-0.05, 0) is 48.4 Å². The van der Waals surface area contributed by atoms with E-state index in [-0.39, 0.29) is 5.91 Å². The number of hydrogen-bond donors (Lipinski definition) is 1. The molecule has 2 nitrogen and oxygen atoms in total. The Morgan fingerprint density at radius 3 is 2.26 bits per heavy atom. The van der Waals surface area contributed by atoms with Gasteiger partial charge in [0.15, 0.2) is 0 Å². The van der Waals surface area contributed by atoms with E-state index in [1.54, 1.807) is 0 Å². The first kappa shape index (κ1) is 17.3. The average molecular weight is 309 g/mol.